The zero-order chi connectivity index (χ0) is 19.9. The minimum atomic E-state index is -3.32. The molecule has 3 nitrogen and oxygen atoms in total. The van der Waals surface area contributed by atoms with Crippen LogP contribution in [0.15, 0.2) is 54.6 Å². The summed E-state index contributed by atoms with van der Waals surface area (Å²) in [5, 5.41) is 1.96. The topological polar surface area (TPSA) is 27.7 Å². The first-order valence-electron chi connectivity index (χ1n) is 8.02. The van der Waals surface area contributed by atoms with E-state index in [0.29, 0.717) is 43.8 Å². The van der Waals surface area contributed by atoms with Crippen LogP contribution in [0.25, 0.3) is 0 Å². The maximum Gasteiger partial charge on any atom is 0.490 e. The normalized spacial score (nSPS) is 14.6. The fraction of sp³-hybridized carbons (Fsp3) is 0.0526. The third kappa shape index (κ3) is 4.38. The first-order chi connectivity index (χ1) is 13.3. The highest BCUT2D eigenvalue weighted by molar-refractivity contribution is 8.08. The van der Waals surface area contributed by atoms with Crippen molar-refractivity contribution in [2.45, 2.75) is 6.42 Å². The number of halogens is 4. The Morgan fingerprint density at radius 2 is 1.25 bits per heavy atom. The summed E-state index contributed by atoms with van der Waals surface area (Å²) in [6, 6.07) is 15.4. The van der Waals surface area contributed by atoms with Crippen molar-refractivity contribution in [3.63, 3.8) is 0 Å². The molecular weight excluding hydrogens is 481 g/mol. The molecule has 0 saturated heterocycles. The molecule has 0 spiro atoms. The molecule has 0 aliphatic carbocycles. The molecule has 0 atom stereocenters. The lowest BCUT2D eigenvalue weighted by atomic mass is 10.0. The Bertz CT molecular complexity index is 1060. The van der Waals surface area contributed by atoms with Crippen LogP contribution in [0.2, 0.25) is 20.1 Å². The Morgan fingerprint density at radius 1 is 0.750 bits per heavy atom. The molecule has 28 heavy (non-hydrogen) atoms. The molecule has 0 saturated carbocycles. The van der Waals surface area contributed by atoms with Gasteiger partial charge in [-0.25, -0.2) is 0 Å². The highest BCUT2D eigenvalue weighted by atomic mass is 35.5. The van der Waals surface area contributed by atoms with Crippen LogP contribution in [-0.2, 0) is 18.2 Å². The fourth-order valence-corrected chi connectivity index (χ4v) is 5.69. The molecule has 0 radical (unpaired) electrons. The number of hydrogen-bond donors (Lipinski definition) is 0. The van der Waals surface area contributed by atoms with Gasteiger partial charge in [-0.1, -0.05) is 46.4 Å². The molecule has 0 N–H and O–H groups in total. The van der Waals surface area contributed by atoms with Gasteiger partial charge in [0.2, 0.25) is 0 Å². The molecule has 0 aromatic heterocycles. The Balaban J connectivity index is 1.82. The van der Waals surface area contributed by atoms with Gasteiger partial charge in [0.25, 0.3) is 0 Å². The van der Waals surface area contributed by atoms with Gasteiger partial charge in [0, 0.05) is 44.4 Å². The minimum absolute atomic E-state index is 0.304. The average Bonchev–Trinajstić information content (AvgIpc) is 2.61. The molecule has 144 valence electrons. The van der Waals surface area contributed by atoms with E-state index in [-0.39, 0.29) is 0 Å². The van der Waals surface area contributed by atoms with E-state index in [1.54, 1.807) is 42.5 Å². The molecule has 1 heterocycles. The Hall–Kier alpha value is -1.13. The molecule has 0 unspecified atom stereocenters. The van der Waals surface area contributed by atoms with Crippen LogP contribution in [0.5, 0.6) is 17.2 Å². The Morgan fingerprint density at radius 3 is 1.79 bits per heavy atom. The molecule has 0 bridgehead atoms. The molecule has 3 aromatic carbocycles. The predicted molar refractivity (Wildman–Crippen MR) is 118 cm³/mol. The zero-order valence-corrected chi connectivity index (χ0v) is 18.7. The Labute approximate surface area is 187 Å². The number of rotatable bonds is 2. The van der Waals surface area contributed by atoms with Gasteiger partial charge in [0.15, 0.2) is 0 Å². The van der Waals surface area contributed by atoms with Crippen molar-refractivity contribution in [3.05, 3.63) is 85.8 Å². The fourth-order valence-electron chi connectivity index (χ4n) is 2.72. The average molecular weight is 492 g/mol. The van der Waals surface area contributed by atoms with Gasteiger partial charge in [0.1, 0.15) is 17.2 Å². The number of hydrogen-bond acceptors (Lipinski definition) is 4. The van der Waals surface area contributed by atoms with E-state index in [0.717, 1.165) is 11.1 Å². The summed E-state index contributed by atoms with van der Waals surface area (Å²) >= 11 is 30.2. The monoisotopic (exact) mass is 490 g/mol. The lowest BCUT2D eigenvalue weighted by molar-refractivity contribution is 0.377. The number of fused-ring (bicyclic) bond motifs is 2. The van der Waals surface area contributed by atoms with Crippen molar-refractivity contribution in [3.8, 4) is 17.2 Å². The van der Waals surface area contributed by atoms with Crippen molar-refractivity contribution in [2.24, 2.45) is 0 Å². The van der Waals surface area contributed by atoms with Crippen molar-refractivity contribution in [1.82, 2.24) is 0 Å². The predicted octanol–water partition coefficient (Wildman–Crippen LogP) is 7.97. The first kappa shape index (κ1) is 20.2. The Kier molecular flexibility index (Phi) is 5.72. The summed E-state index contributed by atoms with van der Waals surface area (Å²) < 4.78 is 18.1. The van der Waals surface area contributed by atoms with E-state index >= 15 is 0 Å². The van der Waals surface area contributed by atoms with Crippen LogP contribution in [0.4, 0.5) is 0 Å². The van der Waals surface area contributed by atoms with Gasteiger partial charge >= 0.3 is 6.72 Å². The molecule has 9 heteroatoms. The molecule has 4 rings (SSSR count). The molecule has 1 aliphatic heterocycles. The lowest BCUT2D eigenvalue weighted by Gasteiger charge is -2.28. The van der Waals surface area contributed by atoms with Crippen molar-refractivity contribution >= 4 is 64.9 Å². The second-order valence-electron chi connectivity index (χ2n) is 5.98. The molecule has 3 aromatic rings. The maximum absolute atomic E-state index is 6.24. The summed E-state index contributed by atoms with van der Waals surface area (Å²) in [5.74, 6) is 1.38. The second kappa shape index (κ2) is 7.95. The van der Waals surface area contributed by atoms with Crippen LogP contribution in [-0.4, -0.2) is 0 Å². The summed E-state index contributed by atoms with van der Waals surface area (Å²) in [6.45, 7) is -3.32. The standard InChI is InChI=1S/C19H11Cl4O3PS/c20-13-1-4-17-11(8-13)7-12-9-14(21)2-5-18(12)25-27(28,24-17)26-19-6-3-15(22)10-16(19)23/h1-6,8-10H,7H2. The van der Waals surface area contributed by atoms with E-state index in [9.17, 15) is 0 Å². The minimum Gasteiger partial charge on any atom is -0.407 e. The van der Waals surface area contributed by atoms with Crippen LogP contribution in [0.3, 0.4) is 0 Å². The van der Waals surface area contributed by atoms with Crippen LogP contribution < -0.4 is 13.6 Å². The van der Waals surface area contributed by atoms with Crippen molar-refractivity contribution in [2.75, 3.05) is 0 Å². The SMILES string of the molecule is S=P1(Oc2ccc(Cl)cc2Cl)Oc2ccc(Cl)cc2Cc2cc(Cl)ccc2O1. The van der Waals surface area contributed by atoms with E-state index < -0.39 is 6.72 Å². The molecule has 0 amide bonds. The van der Waals surface area contributed by atoms with E-state index in [1.807, 2.05) is 12.1 Å². The van der Waals surface area contributed by atoms with Crippen LogP contribution in [0.1, 0.15) is 11.1 Å². The van der Waals surface area contributed by atoms with Gasteiger partial charge in [-0.3, -0.25) is 0 Å². The molecular formula is C19H11Cl4O3PS. The summed E-state index contributed by atoms with van der Waals surface area (Å²) in [4.78, 5) is 0. The van der Waals surface area contributed by atoms with Crippen LogP contribution in [0, 0.1) is 0 Å². The van der Waals surface area contributed by atoms with E-state index in [1.165, 1.54) is 0 Å². The van der Waals surface area contributed by atoms with E-state index in [2.05, 4.69) is 0 Å². The quantitative estimate of drug-likeness (QED) is 0.340. The third-order valence-corrected chi connectivity index (χ3v) is 6.88. The summed E-state index contributed by atoms with van der Waals surface area (Å²) in [7, 11) is 0. The van der Waals surface area contributed by atoms with Crippen LogP contribution >= 0.6 is 53.1 Å². The maximum atomic E-state index is 6.24. The highest BCUT2D eigenvalue weighted by Gasteiger charge is 2.32. The molecule has 1 aliphatic rings. The van der Waals surface area contributed by atoms with Gasteiger partial charge in [-0.2, -0.15) is 0 Å². The summed E-state index contributed by atoms with van der Waals surface area (Å²) in [5.41, 5.74) is 1.69. The lowest BCUT2D eigenvalue weighted by Crippen LogP contribution is -2.12. The first-order valence-corrected chi connectivity index (χ1v) is 12.1. The largest absolute Gasteiger partial charge is 0.490 e. The van der Waals surface area contributed by atoms with E-state index in [4.69, 9.17) is 71.8 Å². The number of benzene rings is 3. The zero-order valence-electron chi connectivity index (χ0n) is 14.0. The summed E-state index contributed by atoms with van der Waals surface area (Å²) in [6.07, 6.45) is 0.517. The molecule has 0 fully saturated rings. The smallest absolute Gasteiger partial charge is 0.407 e. The van der Waals surface area contributed by atoms with Gasteiger partial charge in [0.05, 0.1) is 5.02 Å². The van der Waals surface area contributed by atoms with Crippen molar-refractivity contribution < 1.29 is 13.6 Å². The van der Waals surface area contributed by atoms with Gasteiger partial charge in [-0.05, 0) is 54.6 Å². The second-order valence-corrected chi connectivity index (χ2v) is 10.5. The van der Waals surface area contributed by atoms with Gasteiger partial charge < -0.3 is 13.6 Å². The highest BCUT2D eigenvalue weighted by Crippen LogP contribution is 2.54. The van der Waals surface area contributed by atoms with Crippen molar-refractivity contribution in [1.29, 1.82) is 0 Å². The third-order valence-electron chi connectivity index (χ3n) is 3.95. The van der Waals surface area contributed by atoms with Gasteiger partial charge in [-0.15, -0.1) is 0 Å².